The number of ether oxygens (including phenoxy) is 1. The first-order valence-electron chi connectivity index (χ1n) is 13.3. The Labute approximate surface area is 237 Å². The fourth-order valence-corrected chi connectivity index (χ4v) is 6.13. The third kappa shape index (κ3) is 6.23. The Bertz CT molecular complexity index is 1190. The number of hydrogen-bond donors (Lipinski definition) is 1. The molecule has 8 heteroatoms. The zero-order valence-corrected chi connectivity index (χ0v) is 23.2. The molecule has 208 valence electrons. The smallest absolute Gasteiger partial charge is 0.416 e. The number of hydrogen-bond acceptors (Lipinski definition) is 3. The number of halogens is 4. The van der Waals surface area contributed by atoms with Crippen molar-refractivity contribution >= 4 is 5.97 Å². The summed E-state index contributed by atoms with van der Waals surface area (Å²) >= 11 is 0. The second kappa shape index (κ2) is 11.8. The molecule has 3 aromatic rings. The Balaban J connectivity index is 0.00000353. The average Bonchev–Trinajstić information content (AvgIpc) is 2.94. The lowest BCUT2D eigenvalue weighted by molar-refractivity contribution is -0.946. The topological polar surface area (TPSA) is 46.5 Å². The number of quaternary nitrogens is 1. The van der Waals surface area contributed by atoms with Gasteiger partial charge < -0.3 is 31.3 Å². The summed E-state index contributed by atoms with van der Waals surface area (Å²) in [6.45, 7) is 3.59. The van der Waals surface area contributed by atoms with E-state index in [0.29, 0.717) is 24.1 Å². The highest BCUT2D eigenvalue weighted by molar-refractivity contribution is 5.85. The Hall–Kier alpha value is -2.68. The number of alkyl halides is 3. The molecule has 3 fully saturated rings. The van der Waals surface area contributed by atoms with Gasteiger partial charge in [-0.3, -0.25) is 0 Å². The molecule has 2 bridgehead atoms. The van der Waals surface area contributed by atoms with Gasteiger partial charge in [-0.1, -0.05) is 72.8 Å². The highest BCUT2D eigenvalue weighted by Gasteiger charge is 2.50. The van der Waals surface area contributed by atoms with E-state index in [1.54, 1.807) is 60.7 Å². The van der Waals surface area contributed by atoms with Crippen molar-refractivity contribution in [1.82, 2.24) is 0 Å². The Kier molecular flexibility index (Phi) is 8.88. The summed E-state index contributed by atoms with van der Waals surface area (Å²) in [6, 6.07) is 23.2. The molecule has 0 saturated carbocycles. The zero-order valence-electron chi connectivity index (χ0n) is 21.6. The number of esters is 1. The second-order valence-corrected chi connectivity index (χ2v) is 10.7. The van der Waals surface area contributed by atoms with Crippen molar-refractivity contribution in [3.63, 3.8) is 0 Å². The first-order chi connectivity index (χ1) is 18.2. The Morgan fingerprint density at radius 1 is 0.846 bits per heavy atom. The molecule has 3 aromatic carbocycles. The highest BCUT2D eigenvalue weighted by atomic mass is 79.9. The fraction of sp³-hybridized carbons (Fsp3) is 0.387. The van der Waals surface area contributed by atoms with E-state index in [-0.39, 0.29) is 29.0 Å². The van der Waals surface area contributed by atoms with Gasteiger partial charge in [-0.25, -0.2) is 4.79 Å². The molecule has 39 heavy (non-hydrogen) atoms. The van der Waals surface area contributed by atoms with Gasteiger partial charge in [-0.05, 0) is 35.2 Å². The summed E-state index contributed by atoms with van der Waals surface area (Å²) in [5.41, 5.74) is -0.698. The molecule has 3 aliphatic rings. The summed E-state index contributed by atoms with van der Waals surface area (Å²) < 4.78 is 45.5. The minimum absolute atomic E-state index is 0. The quantitative estimate of drug-likeness (QED) is 0.318. The SMILES string of the molecule is O=C(OC1C[N+]2(CCCc3ccc(C(F)(F)F)cc3)CCC1CC2)C(O)(c1ccccc1)c1ccccc1.[Br-]. The van der Waals surface area contributed by atoms with Gasteiger partial charge in [0, 0.05) is 25.2 Å². The lowest BCUT2D eigenvalue weighted by Gasteiger charge is -2.52. The van der Waals surface area contributed by atoms with Gasteiger partial charge in [0.05, 0.1) is 25.2 Å². The number of carbonyl (C=O) groups excluding carboxylic acids is 1. The molecule has 1 N–H and O–H groups in total. The number of aliphatic hydroxyl groups is 1. The monoisotopic (exact) mass is 603 g/mol. The number of carbonyl (C=O) groups is 1. The molecule has 0 aliphatic carbocycles. The van der Waals surface area contributed by atoms with Crippen LogP contribution in [0.25, 0.3) is 0 Å². The number of aryl methyl sites for hydroxylation is 1. The van der Waals surface area contributed by atoms with Gasteiger partial charge in [0.1, 0.15) is 6.54 Å². The van der Waals surface area contributed by atoms with Gasteiger partial charge in [0.25, 0.3) is 0 Å². The molecular weight excluding hydrogens is 571 g/mol. The normalized spacial score (nSPS) is 22.7. The number of piperidine rings is 3. The average molecular weight is 605 g/mol. The molecule has 0 radical (unpaired) electrons. The number of fused-ring (bicyclic) bond motifs is 3. The molecule has 1 atom stereocenters. The van der Waals surface area contributed by atoms with Gasteiger partial charge >= 0.3 is 12.1 Å². The molecule has 3 heterocycles. The second-order valence-electron chi connectivity index (χ2n) is 10.7. The maximum Gasteiger partial charge on any atom is 0.416 e. The van der Waals surface area contributed by atoms with Crippen molar-refractivity contribution in [2.24, 2.45) is 5.92 Å². The van der Waals surface area contributed by atoms with Gasteiger partial charge in [0.15, 0.2) is 6.10 Å². The van der Waals surface area contributed by atoms with Crippen molar-refractivity contribution in [3.05, 3.63) is 107 Å². The van der Waals surface area contributed by atoms with E-state index in [9.17, 15) is 23.1 Å². The van der Waals surface area contributed by atoms with Crippen LogP contribution in [0.5, 0.6) is 0 Å². The largest absolute Gasteiger partial charge is 1.00 e. The minimum Gasteiger partial charge on any atom is -1.00 e. The van der Waals surface area contributed by atoms with Crippen molar-refractivity contribution < 1.29 is 49.3 Å². The first kappa shape index (κ1) is 29.3. The van der Waals surface area contributed by atoms with Crippen molar-refractivity contribution in [2.45, 2.75) is 43.6 Å². The highest BCUT2D eigenvalue weighted by Crippen LogP contribution is 2.38. The van der Waals surface area contributed by atoms with Gasteiger partial charge in [-0.15, -0.1) is 0 Å². The molecular formula is C31H33BrF3NO3. The fourth-order valence-electron chi connectivity index (χ4n) is 6.13. The lowest BCUT2D eigenvalue weighted by atomic mass is 9.82. The predicted molar refractivity (Wildman–Crippen MR) is 138 cm³/mol. The Morgan fingerprint density at radius 3 is 1.90 bits per heavy atom. The minimum atomic E-state index is -4.32. The van der Waals surface area contributed by atoms with E-state index in [0.717, 1.165) is 61.1 Å². The van der Waals surface area contributed by atoms with Crippen LogP contribution in [0.1, 0.15) is 41.5 Å². The van der Waals surface area contributed by atoms with Crippen LogP contribution >= 0.6 is 0 Å². The molecule has 3 aliphatic heterocycles. The molecule has 0 amide bonds. The zero-order chi connectivity index (χ0) is 26.8. The molecule has 0 aromatic heterocycles. The molecule has 4 nitrogen and oxygen atoms in total. The summed E-state index contributed by atoms with van der Waals surface area (Å²) in [6.07, 6.45) is -1.16. The van der Waals surface area contributed by atoms with Crippen LogP contribution in [0.2, 0.25) is 0 Å². The molecule has 3 saturated heterocycles. The maximum atomic E-state index is 13.7. The van der Waals surface area contributed by atoms with E-state index in [2.05, 4.69) is 0 Å². The van der Waals surface area contributed by atoms with Crippen LogP contribution in [-0.4, -0.2) is 47.8 Å². The first-order valence-corrected chi connectivity index (χ1v) is 13.3. The molecule has 6 rings (SSSR count). The van der Waals surface area contributed by atoms with Crippen LogP contribution in [0.3, 0.4) is 0 Å². The number of nitrogens with zero attached hydrogens (tertiary/aromatic N) is 1. The van der Waals surface area contributed by atoms with Crippen molar-refractivity contribution in [2.75, 3.05) is 26.2 Å². The van der Waals surface area contributed by atoms with E-state index in [1.807, 2.05) is 12.1 Å². The van der Waals surface area contributed by atoms with Crippen LogP contribution in [0.15, 0.2) is 84.9 Å². The summed E-state index contributed by atoms with van der Waals surface area (Å²) in [5.74, 6) is -0.388. The van der Waals surface area contributed by atoms with E-state index in [1.165, 1.54) is 0 Å². The predicted octanol–water partition coefficient (Wildman–Crippen LogP) is 2.73. The van der Waals surface area contributed by atoms with Gasteiger partial charge in [-0.2, -0.15) is 13.2 Å². The van der Waals surface area contributed by atoms with E-state index in [4.69, 9.17) is 4.74 Å². The molecule has 1 unspecified atom stereocenters. The lowest BCUT2D eigenvalue weighted by Crippen LogP contribution is -3.00. The Morgan fingerprint density at radius 2 is 1.38 bits per heavy atom. The van der Waals surface area contributed by atoms with E-state index < -0.39 is 23.3 Å². The van der Waals surface area contributed by atoms with Crippen LogP contribution in [0, 0.1) is 5.92 Å². The van der Waals surface area contributed by atoms with E-state index >= 15 is 0 Å². The van der Waals surface area contributed by atoms with Crippen molar-refractivity contribution in [1.29, 1.82) is 0 Å². The van der Waals surface area contributed by atoms with Crippen LogP contribution < -0.4 is 17.0 Å². The third-order valence-electron chi connectivity index (χ3n) is 8.36. The summed E-state index contributed by atoms with van der Waals surface area (Å²) in [4.78, 5) is 13.7. The van der Waals surface area contributed by atoms with Crippen LogP contribution in [0.4, 0.5) is 13.2 Å². The standard InChI is InChI=1S/C31H33F3NO3.BrH/c32-31(33,34)27-15-13-23(14-16-27)8-7-19-35-20-17-24(18-21-35)28(22-35)38-29(36)30(37,25-9-3-1-4-10-25)26-11-5-2-6-12-26;/h1-6,9-16,24,28,37H,7-8,17-22H2;1H/q+1;/p-1. The van der Waals surface area contributed by atoms with Crippen molar-refractivity contribution in [3.8, 4) is 0 Å². The molecule has 0 spiro atoms. The van der Waals surface area contributed by atoms with Crippen LogP contribution in [-0.2, 0) is 27.7 Å². The summed E-state index contributed by atoms with van der Waals surface area (Å²) in [7, 11) is 0. The number of benzene rings is 3. The third-order valence-corrected chi connectivity index (χ3v) is 8.36. The maximum absolute atomic E-state index is 13.7. The summed E-state index contributed by atoms with van der Waals surface area (Å²) in [5, 5.41) is 11.8. The number of rotatable bonds is 8. The van der Waals surface area contributed by atoms with Gasteiger partial charge in [0.2, 0.25) is 5.60 Å².